The Morgan fingerprint density at radius 2 is 1.56 bits per heavy atom. The number of carbonyl (C=O) groups is 1. The molecule has 1 aromatic carbocycles. The highest BCUT2D eigenvalue weighted by molar-refractivity contribution is 5.96. The van der Waals surface area contributed by atoms with E-state index in [1.165, 1.54) is 5.56 Å². The minimum Gasteiger partial charge on any atom is -0.378 e. The minimum atomic E-state index is -0.403. The van der Waals surface area contributed by atoms with Crippen LogP contribution in [0.15, 0.2) is 24.3 Å². The van der Waals surface area contributed by atoms with Crippen LogP contribution in [0, 0.1) is 0 Å². The van der Waals surface area contributed by atoms with E-state index in [0.717, 1.165) is 5.56 Å². The first-order valence-corrected chi connectivity index (χ1v) is 6.34. The van der Waals surface area contributed by atoms with Gasteiger partial charge in [-0.1, -0.05) is 45.0 Å². The fourth-order valence-corrected chi connectivity index (χ4v) is 1.72. The van der Waals surface area contributed by atoms with Crippen molar-refractivity contribution >= 4 is 5.78 Å². The zero-order valence-electron chi connectivity index (χ0n) is 12.3. The largest absolute Gasteiger partial charge is 0.378 e. The monoisotopic (exact) mass is 248 g/mol. The van der Waals surface area contributed by atoms with Crippen molar-refractivity contribution in [1.82, 2.24) is 0 Å². The van der Waals surface area contributed by atoms with Gasteiger partial charge in [0.1, 0.15) is 0 Å². The van der Waals surface area contributed by atoms with Crippen molar-refractivity contribution < 1.29 is 9.53 Å². The van der Waals surface area contributed by atoms with Crippen molar-refractivity contribution in [1.29, 1.82) is 0 Å². The second-order valence-corrected chi connectivity index (χ2v) is 6.39. The second-order valence-electron chi connectivity index (χ2n) is 6.39. The van der Waals surface area contributed by atoms with E-state index in [9.17, 15) is 4.79 Å². The van der Waals surface area contributed by atoms with E-state index in [2.05, 4.69) is 20.8 Å². The van der Waals surface area contributed by atoms with Crippen LogP contribution in [0.25, 0.3) is 0 Å². The molecule has 0 aliphatic rings. The number of carbonyl (C=O) groups excluding carboxylic acids is 1. The lowest BCUT2D eigenvalue weighted by molar-refractivity contribution is 0.0172. The third kappa shape index (κ3) is 3.95. The molecule has 0 aromatic heterocycles. The zero-order valence-corrected chi connectivity index (χ0v) is 12.3. The van der Waals surface area contributed by atoms with Gasteiger partial charge in [-0.15, -0.1) is 0 Å². The molecule has 0 heterocycles. The van der Waals surface area contributed by atoms with Crippen LogP contribution in [0.1, 0.15) is 57.0 Å². The molecule has 1 rings (SSSR count). The lowest BCUT2D eigenvalue weighted by Gasteiger charge is -2.22. The Balaban J connectivity index is 2.83. The van der Waals surface area contributed by atoms with E-state index in [4.69, 9.17) is 4.74 Å². The molecule has 0 aliphatic carbocycles. The first kappa shape index (κ1) is 14.9. The average molecular weight is 248 g/mol. The van der Waals surface area contributed by atoms with E-state index in [-0.39, 0.29) is 11.2 Å². The fourth-order valence-electron chi connectivity index (χ4n) is 1.72. The quantitative estimate of drug-likeness (QED) is 0.753. The molecular formula is C16H24O2. The molecular weight excluding hydrogens is 224 g/mol. The van der Waals surface area contributed by atoms with Crippen LogP contribution in [0.5, 0.6) is 0 Å². The molecule has 0 fully saturated rings. The summed E-state index contributed by atoms with van der Waals surface area (Å²) in [5.74, 6) is 0.127. The lowest BCUT2D eigenvalue weighted by Crippen LogP contribution is -2.26. The van der Waals surface area contributed by atoms with E-state index in [1.54, 1.807) is 7.11 Å². The van der Waals surface area contributed by atoms with Crippen LogP contribution >= 0.6 is 0 Å². The van der Waals surface area contributed by atoms with E-state index in [0.29, 0.717) is 6.42 Å². The summed E-state index contributed by atoms with van der Waals surface area (Å²) in [6, 6.07) is 7.89. The summed E-state index contributed by atoms with van der Waals surface area (Å²) in [7, 11) is 1.63. The van der Waals surface area contributed by atoms with Gasteiger partial charge in [-0.3, -0.25) is 4.79 Å². The predicted octanol–water partition coefficient (Wildman–Crippen LogP) is 3.98. The highest BCUT2D eigenvalue weighted by Gasteiger charge is 2.22. The summed E-state index contributed by atoms with van der Waals surface area (Å²) >= 11 is 0. The Kier molecular flexibility index (Phi) is 4.33. The molecule has 2 heteroatoms. The van der Waals surface area contributed by atoms with Gasteiger partial charge in [0, 0.05) is 19.1 Å². The van der Waals surface area contributed by atoms with Crippen molar-refractivity contribution in [3.8, 4) is 0 Å². The van der Waals surface area contributed by atoms with Crippen LogP contribution in [0.3, 0.4) is 0 Å². The first-order chi connectivity index (χ1) is 8.15. The molecule has 0 saturated carbocycles. The number of ether oxygens (including phenoxy) is 1. The molecule has 18 heavy (non-hydrogen) atoms. The summed E-state index contributed by atoms with van der Waals surface area (Å²) in [4.78, 5) is 12.1. The second kappa shape index (κ2) is 5.23. The summed E-state index contributed by atoms with van der Waals surface area (Å²) in [5, 5.41) is 0. The molecule has 100 valence electrons. The minimum absolute atomic E-state index is 0.118. The normalized spacial score (nSPS) is 12.6. The third-order valence-corrected chi connectivity index (χ3v) is 3.21. The third-order valence-electron chi connectivity index (χ3n) is 3.21. The highest BCUT2D eigenvalue weighted by Crippen LogP contribution is 2.23. The molecule has 0 unspecified atom stereocenters. The van der Waals surface area contributed by atoms with E-state index in [1.807, 2.05) is 38.1 Å². The molecule has 2 nitrogen and oxygen atoms in total. The van der Waals surface area contributed by atoms with Crippen LogP contribution in [0.2, 0.25) is 0 Å². The van der Waals surface area contributed by atoms with Crippen molar-refractivity contribution in [2.45, 2.75) is 52.1 Å². The Morgan fingerprint density at radius 3 is 1.94 bits per heavy atom. The molecule has 1 aromatic rings. The van der Waals surface area contributed by atoms with Crippen LogP contribution in [0.4, 0.5) is 0 Å². The number of hydrogen-bond donors (Lipinski definition) is 0. The van der Waals surface area contributed by atoms with Gasteiger partial charge in [-0.2, -0.15) is 0 Å². The van der Waals surface area contributed by atoms with Crippen molar-refractivity contribution in [2.24, 2.45) is 0 Å². The summed E-state index contributed by atoms with van der Waals surface area (Å²) < 4.78 is 5.29. The molecule has 0 bridgehead atoms. The topological polar surface area (TPSA) is 26.3 Å². The van der Waals surface area contributed by atoms with E-state index < -0.39 is 5.60 Å². The van der Waals surface area contributed by atoms with Crippen LogP contribution in [-0.2, 0) is 10.2 Å². The van der Waals surface area contributed by atoms with Crippen molar-refractivity contribution in [3.05, 3.63) is 35.4 Å². The molecule has 0 spiro atoms. The van der Waals surface area contributed by atoms with Gasteiger partial charge in [0.25, 0.3) is 0 Å². The molecule has 0 aliphatic heterocycles. The number of rotatable bonds is 4. The molecule has 0 atom stereocenters. The van der Waals surface area contributed by atoms with Gasteiger partial charge in [-0.05, 0) is 24.8 Å². The van der Waals surface area contributed by atoms with Gasteiger partial charge < -0.3 is 4.74 Å². The Bertz CT molecular complexity index is 408. The van der Waals surface area contributed by atoms with Gasteiger partial charge in [0.2, 0.25) is 0 Å². The number of ketones is 1. The summed E-state index contributed by atoms with van der Waals surface area (Å²) in [6.45, 7) is 10.3. The number of methoxy groups -OCH3 is 1. The Hall–Kier alpha value is -1.15. The highest BCUT2D eigenvalue weighted by atomic mass is 16.5. The van der Waals surface area contributed by atoms with Crippen LogP contribution in [-0.4, -0.2) is 18.5 Å². The zero-order chi connectivity index (χ0) is 14.0. The number of benzene rings is 1. The summed E-state index contributed by atoms with van der Waals surface area (Å²) in [6.07, 6.45) is 0.401. The fraction of sp³-hybridized carbons (Fsp3) is 0.562. The average Bonchev–Trinajstić information content (AvgIpc) is 2.27. The predicted molar refractivity (Wildman–Crippen MR) is 75.2 cm³/mol. The van der Waals surface area contributed by atoms with Gasteiger partial charge >= 0.3 is 0 Å². The smallest absolute Gasteiger partial charge is 0.165 e. The van der Waals surface area contributed by atoms with Crippen LogP contribution < -0.4 is 0 Å². The number of Topliss-reactive ketones (excluding diaryl/α,β-unsaturated/α-hetero) is 1. The standard InChI is InChI=1S/C16H24O2/c1-15(2,3)13-9-7-12(8-10-13)14(17)11-16(4,5)18-6/h7-10H,11H2,1-6H3. The molecule has 0 amide bonds. The maximum Gasteiger partial charge on any atom is 0.165 e. The van der Waals surface area contributed by atoms with Gasteiger partial charge in [-0.25, -0.2) is 0 Å². The van der Waals surface area contributed by atoms with E-state index >= 15 is 0 Å². The Labute approximate surface area is 110 Å². The summed E-state index contributed by atoms with van der Waals surface area (Å²) in [5.41, 5.74) is 1.71. The maximum absolute atomic E-state index is 12.1. The molecule has 0 N–H and O–H groups in total. The van der Waals surface area contributed by atoms with Gasteiger partial charge in [0.05, 0.1) is 5.60 Å². The lowest BCUT2D eigenvalue weighted by atomic mass is 9.86. The van der Waals surface area contributed by atoms with Gasteiger partial charge in [0.15, 0.2) is 5.78 Å². The first-order valence-electron chi connectivity index (χ1n) is 6.34. The maximum atomic E-state index is 12.1. The molecule has 0 radical (unpaired) electrons. The van der Waals surface area contributed by atoms with Crippen molar-refractivity contribution in [3.63, 3.8) is 0 Å². The Morgan fingerprint density at radius 1 is 1.06 bits per heavy atom. The number of hydrogen-bond acceptors (Lipinski definition) is 2. The molecule has 0 saturated heterocycles. The van der Waals surface area contributed by atoms with Crippen molar-refractivity contribution in [2.75, 3.05) is 7.11 Å². The SMILES string of the molecule is COC(C)(C)CC(=O)c1ccc(C(C)(C)C)cc1.